The number of aliphatic hydroxyl groups excluding tert-OH is 1. The predicted molar refractivity (Wildman–Crippen MR) is 414 cm³/mol. The highest BCUT2D eigenvalue weighted by Crippen LogP contribution is 2.45. The van der Waals surface area contributed by atoms with Crippen LogP contribution in [0.1, 0.15) is 433 Å². The molecule has 0 saturated carbocycles. The minimum absolute atomic E-state index is 0.108. The molecule has 0 amide bonds. The van der Waals surface area contributed by atoms with Crippen LogP contribution in [-0.2, 0) is 65.4 Å². The van der Waals surface area contributed by atoms with E-state index in [1.807, 2.05) is 0 Å². The summed E-state index contributed by atoms with van der Waals surface area (Å²) in [5.74, 6) is -0.555. The second kappa shape index (κ2) is 73.6. The summed E-state index contributed by atoms with van der Waals surface area (Å²) in [4.78, 5) is 73.1. The molecule has 0 heterocycles. The van der Waals surface area contributed by atoms with Crippen LogP contribution in [-0.4, -0.2) is 96.7 Å². The van der Waals surface area contributed by atoms with Gasteiger partial charge >= 0.3 is 39.5 Å². The molecule has 0 aromatic rings. The summed E-state index contributed by atoms with van der Waals surface area (Å²) in [6.45, 7) is 9.66. The Morgan fingerprint density at radius 3 is 0.673 bits per heavy atom. The van der Waals surface area contributed by atoms with Gasteiger partial charge in [0.05, 0.1) is 26.4 Å². The van der Waals surface area contributed by atoms with Crippen molar-refractivity contribution in [3.05, 3.63) is 0 Å². The third-order valence-corrected chi connectivity index (χ3v) is 21.1. The molecule has 2 unspecified atom stereocenters. The Morgan fingerprint density at radius 1 is 0.267 bits per heavy atom. The number of hydrogen-bond acceptors (Lipinski definition) is 15. The molecule has 0 radical (unpaired) electrons. The van der Waals surface area contributed by atoms with Gasteiger partial charge in [-0.05, 0) is 37.5 Å². The highest BCUT2D eigenvalue weighted by Gasteiger charge is 2.30. The first kappa shape index (κ1) is 99.1. The summed E-state index contributed by atoms with van der Waals surface area (Å²) in [7, 11) is -9.92. The lowest BCUT2D eigenvalue weighted by molar-refractivity contribution is -0.161. The monoisotopic (exact) mass is 1480 g/mol. The number of phosphoric acid groups is 2. The molecule has 3 N–H and O–H groups in total. The molecule has 0 aliphatic carbocycles. The maximum absolute atomic E-state index is 13.1. The quantitative estimate of drug-likeness (QED) is 0.0222. The van der Waals surface area contributed by atoms with Crippen LogP contribution in [0.4, 0.5) is 0 Å². The molecule has 0 aromatic heterocycles. The van der Waals surface area contributed by atoms with E-state index in [9.17, 15) is 43.2 Å². The first-order chi connectivity index (χ1) is 48.9. The Hall–Kier alpha value is -1.94. The summed E-state index contributed by atoms with van der Waals surface area (Å²) in [5, 5.41) is 10.7. The van der Waals surface area contributed by atoms with Gasteiger partial charge in [0.25, 0.3) is 0 Å². The molecule has 19 heteroatoms. The maximum atomic E-state index is 13.1. The molecule has 0 fully saturated rings. The lowest BCUT2D eigenvalue weighted by Gasteiger charge is -2.21. The summed E-state index contributed by atoms with van der Waals surface area (Å²) < 4.78 is 68.8. The fourth-order valence-electron chi connectivity index (χ4n) is 12.7. The summed E-state index contributed by atoms with van der Waals surface area (Å²) >= 11 is 0. The molecule has 0 aromatic carbocycles. The molecular formula is C82H160O17P2. The van der Waals surface area contributed by atoms with Crippen molar-refractivity contribution in [3.8, 4) is 0 Å². The molecular weight excluding hydrogens is 1320 g/mol. The van der Waals surface area contributed by atoms with E-state index < -0.39 is 97.5 Å². The summed E-state index contributed by atoms with van der Waals surface area (Å²) in [6, 6.07) is 0. The van der Waals surface area contributed by atoms with Crippen molar-refractivity contribution in [2.75, 3.05) is 39.6 Å². The number of ether oxygens (including phenoxy) is 4. The van der Waals surface area contributed by atoms with Gasteiger partial charge in [-0.2, -0.15) is 0 Å². The van der Waals surface area contributed by atoms with Gasteiger partial charge in [0.15, 0.2) is 12.2 Å². The Labute approximate surface area is 619 Å². The van der Waals surface area contributed by atoms with Gasteiger partial charge in [0.2, 0.25) is 0 Å². The average molecular weight is 1480 g/mol. The number of carbonyl (C=O) groups excluding carboxylic acids is 4. The van der Waals surface area contributed by atoms with E-state index in [0.717, 1.165) is 102 Å². The third kappa shape index (κ3) is 76.1. The third-order valence-electron chi connectivity index (χ3n) is 19.2. The number of esters is 4. The van der Waals surface area contributed by atoms with Gasteiger partial charge in [-0.15, -0.1) is 0 Å². The van der Waals surface area contributed by atoms with E-state index in [0.29, 0.717) is 25.7 Å². The number of phosphoric ester groups is 2. The van der Waals surface area contributed by atoms with E-state index in [-0.39, 0.29) is 25.7 Å². The predicted octanol–water partition coefficient (Wildman–Crippen LogP) is 24.7. The zero-order valence-electron chi connectivity index (χ0n) is 66.2. The van der Waals surface area contributed by atoms with E-state index in [1.165, 1.54) is 250 Å². The van der Waals surface area contributed by atoms with Crippen LogP contribution in [0.2, 0.25) is 0 Å². The van der Waals surface area contributed by atoms with Crippen molar-refractivity contribution in [3.63, 3.8) is 0 Å². The summed E-state index contributed by atoms with van der Waals surface area (Å²) in [5.41, 5.74) is 0. The van der Waals surface area contributed by atoms with Crippen LogP contribution in [0.25, 0.3) is 0 Å². The van der Waals surface area contributed by atoms with Crippen molar-refractivity contribution in [2.24, 2.45) is 11.8 Å². The maximum Gasteiger partial charge on any atom is 0.472 e. The first-order valence-corrected chi connectivity index (χ1v) is 45.5. The number of unbranched alkanes of at least 4 members (excludes halogenated alkanes) is 51. The van der Waals surface area contributed by atoms with E-state index in [4.69, 9.17) is 37.0 Å². The Morgan fingerprint density at radius 2 is 0.455 bits per heavy atom. The smallest absolute Gasteiger partial charge is 0.462 e. The van der Waals surface area contributed by atoms with Crippen molar-refractivity contribution in [1.29, 1.82) is 0 Å². The molecule has 600 valence electrons. The Bertz CT molecular complexity index is 1940. The van der Waals surface area contributed by atoms with Crippen LogP contribution in [0.5, 0.6) is 0 Å². The van der Waals surface area contributed by atoms with Crippen LogP contribution < -0.4 is 0 Å². The van der Waals surface area contributed by atoms with Gasteiger partial charge in [0, 0.05) is 25.7 Å². The molecule has 17 nitrogen and oxygen atoms in total. The molecule has 0 rings (SSSR count). The average Bonchev–Trinajstić information content (AvgIpc) is 1.10. The normalized spacial score (nSPS) is 13.9. The summed E-state index contributed by atoms with van der Waals surface area (Å²) in [6.07, 6.45) is 63.7. The topological polar surface area (TPSA) is 237 Å². The standard InChI is InChI=1S/C82H160O17P2/c1-7-9-11-13-15-17-19-21-23-24-25-26-30-35-43-49-55-61-67-82(87)98-77(70-92-79(84)64-58-52-46-40-33-31-27-28-32-38-44-50-56-62-74(3)4)72-96-100(88,89)94-68-76(83)69-95-101(90,91)97-73-78(71-93-80(85)65-59-53-47-41-37-36-39-45-51-57-63-75(5)6)99-81(86)66-60-54-48-42-34-29-22-20-18-16-14-12-10-8-2/h74-78,83H,7-73H2,1-6H3,(H,88,89)(H,90,91)/t76-,77-,78-/m1/s1. The fraction of sp³-hybridized carbons (Fsp3) is 0.951. The number of carbonyl (C=O) groups is 4. The highest BCUT2D eigenvalue weighted by molar-refractivity contribution is 7.47. The molecule has 0 aliphatic heterocycles. The molecule has 0 spiro atoms. The van der Waals surface area contributed by atoms with Gasteiger partial charge in [-0.3, -0.25) is 37.3 Å². The second-order valence-electron chi connectivity index (χ2n) is 30.5. The zero-order chi connectivity index (χ0) is 74.2. The van der Waals surface area contributed by atoms with E-state index in [2.05, 4.69) is 41.5 Å². The van der Waals surface area contributed by atoms with Crippen molar-refractivity contribution in [1.82, 2.24) is 0 Å². The van der Waals surface area contributed by atoms with Crippen LogP contribution in [0, 0.1) is 11.8 Å². The lowest BCUT2D eigenvalue weighted by Crippen LogP contribution is -2.30. The molecule has 0 bridgehead atoms. The van der Waals surface area contributed by atoms with Gasteiger partial charge in [0.1, 0.15) is 19.3 Å². The van der Waals surface area contributed by atoms with E-state index >= 15 is 0 Å². The molecule has 5 atom stereocenters. The first-order valence-electron chi connectivity index (χ1n) is 42.5. The fourth-order valence-corrected chi connectivity index (χ4v) is 14.3. The SMILES string of the molecule is CCCCCCCCCCCCCCCCCCCCC(=O)O[C@H](COC(=O)CCCCCCCCCCCCCCCC(C)C)COP(=O)(O)OC[C@@H](O)COP(=O)(O)OC[C@@H](COC(=O)CCCCCCCCCCCCC(C)C)OC(=O)CCCCCCCCCCCCCCCC. The van der Waals surface area contributed by atoms with E-state index in [1.54, 1.807) is 0 Å². The van der Waals surface area contributed by atoms with Crippen molar-refractivity contribution >= 4 is 39.5 Å². The van der Waals surface area contributed by atoms with Gasteiger partial charge in [-0.25, -0.2) is 9.13 Å². The van der Waals surface area contributed by atoms with Crippen LogP contribution in [0.15, 0.2) is 0 Å². The molecule has 101 heavy (non-hydrogen) atoms. The van der Waals surface area contributed by atoms with Crippen molar-refractivity contribution in [2.45, 2.75) is 452 Å². The van der Waals surface area contributed by atoms with Gasteiger partial charge in [-0.1, -0.05) is 382 Å². The lowest BCUT2D eigenvalue weighted by atomic mass is 10.0. The Kier molecular flexibility index (Phi) is 72.2. The highest BCUT2D eigenvalue weighted by atomic mass is 31.2. The second-order valence-corrected chi connectivity index (χ2v) is 33.4. The minimum atomic E-state index is -4.96. The largest absolute Gasteiger partial charge is 0.472 e. The number of hydrogen-bond donors (Lipinski definition) is 3. The van der Waals surface area contributed by atoms with Gasteiger partial charge < -0.3 is 33.8 Å². The van der Waals surface area contributed by atoms with Crippen LogP contribution in [0.3, 0.4) is 0 Å². The van der Waals surface area contributed by atoms with Crippen LogP contribution >= 0.6 is 15.6 Å². The minimum Gasteiger partial charge on any atom is -0.462 e. The number of aliphatic hydroxyl groups is 1. The number of rotatable bonds is 81. The van der Waals surface area contributed by atoms with Crippen molar-refractivity contribution < 1.29 is 80.2 Å². The zero-order valence-corrected chi connectivity index (χ0v) is 68.0. The molecule has 0 saturated heterocycles. The Balaban J connectivity index is 5.27. The molecule has 0 aliphatic rings.